The van der Waals surface area contributed by atoms with E-state index in [0.717, 1.165) is 5.56 Å². The molecular weight excluding hydrogens is 358 g/mol. The molecule has 1 aromatic carbocycles. The van der Waals surface area contributed by atoms with Gasteiger partial charge in [0, 0.05) is 6.54 Å². The lowest BCUT2D eigenvalue weighted by Gasteiger charge is -2.30. The number of hydrogen-bond acceptors (Lipinski definition) is 6. The molecule has 2 atom stereocenters. The zero-order valence-corrected chi connectivity index (χ0v) is 16.2. The largest absolute Gasteiger partial charge is 0.444 e. The van der Waals surface area contributed by atoms with Crippen molar-refractivity contribution in [1.29, 1.82) is 0 Å². The monoisotopic (exact) mass is 383 g/mol. The van der Waals surface area contributed by atoms with E-state index in [0.29, 0.717) is 0 Å². The maximum absolute atomic E-state index is 12.2. The van der Waals surface area contributed by atoms with Crippen molar-refractivity contribution < 1.29 is 27.2 Å². The third kappa shape index (κ3) is 5.30. The summed E-state index contributed by atoms with van der Waals surface area (Å²) >= 11 is 0. The van der Waals surface area contributed by atoms with Gasteiger partial charge in [-0.25, -0.2) is 4.79 Å². The minimum absolute atomic E-state index is 0.0151. The summed E-state index contributed by atoms with van der Waals surface area (Å²) in [4.78, 5) is 13.6. The number of rotatable bonds is 5. The van der Waals surface area contributed by atoms with E-state index >= 15 is 0 Å². The van der Waals surface area contributed by atoms with Gasteiger partial charge in [-0.2, -0.15) is 8.42 Å². The Kier molecular flexibility index (Phi) is 6.10. The number of carbonyl (C=O) groups is 1. The van der Waals surface area contributed by atoms with Gasteiger partial charge >= 0.3 is 6.09 Å². The third-order valence-electron chi connectivity index (χ3n) is 3.72. The molecule has 0 radical (unpaired) electrons. The van der Waals surface area contributed by atoms with Crippen molar-refractivity contribution in [1.82, 2.24) is 4.90 Å². The van der Waals surface area contributed by atoms with Crippen molar-refractivity contribution >= 4 is 16.2 Å². The molecule has 1 amide bonds. The Morgan fingerprint density at radius 1 is 1.31 bits per heavy atom. The Balaban J connectivity index is 2.00. The van der Waals surface area contributed by atoms with Gasteiger partial charge < -0.3 is 9.84 Å². The molecule has 26 heavy (non-hydrogen) atoms. The highest BCUT2D eigenvalue weighted by molar-refractivity contribution is 7.86. The smallest absolute Gasteiger partial charge is 0.411 e. The van der Waals surface area contributed by atoms with E-state index in [9.17, 15) is 18.3 Å². The predicted molar refractivity (Wildman–Crippen MR) is 96.2 cm³/mol. The van der Waals surface area contributed by atoms with E-state index in [-0.39, 0.29) is 11.4 Å². The fourth-order valence-corrected chi connectivity index (χ4v) is 3.35. The lowest BCUT2D eigenvalue weighted by atomic mass is 10.1. The summed E-state index contributed by atoms with van der Waals surface area (Å²) in [6, 6.07) is 5.50. The summed E-state index contributed by atoms with van der Waals surface area (Å²) in [5.41, 5.74) is 0.258. The first kappa shape index (κ1) is 20.4. The van der Waals surface area contributed by atoms with Crippen LogP contribution >= 0.6 is 0 Å². The fourth-order valence-electron chi connectivity index (χ4n) is 2.42. The molecule has 1 aliphatic heterocycles. The number of ether oxygens (including phenoxy) is 1. The number of nitrogens with zero attached hydrogens (tertiary/aromatic N) is 1. The molecule has 1 aromatic rings. The Morgan fingerprint density at radius 3 is 2.50 bits per heavy atom. The van der Waals surface area contributed by atoms with E-state index in [1.165, 1.54) is 17.0 Å². The van der Waals surface area contributed by atoms with Gasteiger partial charge in [0.2, 0.25) is 0 Å². The first-order valence-corrected chi connectivity index (χ1v) is 9.71. The van der Waals surface area contributed by atoms with Crippen LogP contribution in [0.15, 0.2) is 41.3 Å². The molecule has 1 N–H and O–H groups in total. The van der Waals surface area contributed by atoms with Crippen molar-refractivity contribution in [3.63, 3.8) is 0 Å². The normalized spacial score (nSPS) is 18.8. The minimum Gasteiger partial charge on any atom is -0.444 e. The number of amides is 1. The molecule has 0 spiro atoms. The van der Waals surface area contributed by atoms with Crippen LogP contribution in [-0.2, 0) is 19.0 Å². The van der Waals surface area contributed by atoms with Crippen LogP contribution < -0.4 is 0 Å². The highest BCUT2D eigenvalue weighted by Crippen LogP contribution is 2.20. The lowest BCUT2D eigenvalue weighted by molar-refractivity contribution is 0.00231. The molecule has 0 fully saturated rings. The van der Waals surface area contributed by atoms with Crippen LogP contribution in [0.25, 0.3) is 0 Å². The molecule has 144 valence electrons. The van der Waals surface area contributed by atoms with Crippen molar-refractivity contribution in [3.05, 3.63) is 42.0 Å². The van der Waals surface area contributed by atoms with Crippen LogP contribution in [0.1, 0.15) is 26.3 Å². The maximum Gasteiger partial charge on any atom is 0.411 e. The molecule has 1 heterocycles. The molecule has 0 aromatic heterocycles. The number of aliphatic hydroxyl groups excluding tert-OH is 1. The Morgan fingerprint density at radius 2 is 1.92 bits per heavy atom. The highest BCUT2D eigenvalue weighted by atomic mass is 32.2. The Hall–Kier alpha value is -1.90. The molecule has 0 aliphatic carbocycles. The summed E-state index contributed by atoms with van der Waals surface area (Å²) in [6.45, 7) is 6.90. The van der Waals surface area contributed by atoms with Crippen LogP contribution in [0, 0.1) is 6.92 Å². The molecule has 0 bridgehead atoms. The van der Waals surface area contributed by atoms with Crippen LogP contribution in [0.5, 0.6) is 0 Å². The van der Waals surface area contributed by atoms with Gasteiger partial charge in [0.1, 0.15) is 11.7 Å². The van der Waals surface area contributed by atoms with Crippen molar-refractivity contribution in [2.24, 2.45) is 0 Å². The molecular formula is C18H25NO6S. The van der Waals surface area contributed by atoms with Gasteiger partial charge in [0.25, 0.3) is 10.1 Å². The maximum atomic E-state index is 12.2. The van der Waals surface area contributed by atoms with E-state index in [1.54, 1.807) is 45.1 Å². The second-order valence-electron chi connectivity index (χ2n) is 7.17. The number of aryl methyl sites for hydroxylation is 1. The van der Waals surface area contributed by atoms with Gasteiger partial charge in [-0.1, -0.05) is 29.8 Å². The molecule has 0 saturated heterocycles. The number of carbonyl (C=O) groups excluding carboxylic acids is 1. The molecule has 1 unspecified atom stereocenters. The SMILES string of the molecule is Cc1ccc(S(=O)(=O)OC[C@@H](O)C2C=CCN2C(=O)OC(C)(C)C)cc1. The van der Waals surface area contributed by atoms with Gasteiger partial charge in [-0.3, -0.25) is 9.08 Å². The van der Waals surface area contributed by atoms with Gasteiger partial charge in [-0.05, 0) is 39.8 Å². The fraction of sp³-hybridized carbons (Fsp3) is 0.500. The number of aliphatic hydroxyl groups is 1. The van der Waals surface area contributed by atoms with Gasteiger partial charge in [0.15, 0.2) is 0 Å². The van der Waals surface area contributed by atoms with Crippen LogP contribution in [0.2, 0.25) is 0 Å². The second kappa shape index (κ2) is 7.77. The number of benzene rings is 1. The van der Waals surface area contributed by atoms with Crippen LogP contribution in [-0.4, -0.2) is 55.4 Å². The van der Waals surface area contributed by atoms with Crippen molar-refractivity contribution in [3.8, 4) is 0 Å². The standard InChI is InChI=1S/C18H25NO6S/c1-13-7-9-14(10-8-13)26(22,23)24-12-16(20)15-6-5-11-19(15)17(21)25-18(2,3)4/h5-10,15-16,20H,11-12H2,1-4H3/t15?,16-/m1/s1. The second-order valence-corrected chi connectivity index (χ2v) is 8.79. The molecule has 8 heteroatoms. The Bertz CT molecular complexity index is 764. The zero-order chi connectivity index (χ0) is 19.5. The highest BCUT2D eigenvalue weighted by Gasteiger charge is 2.34. The van der Waals surface area contributed by atoms with Crippen LogP contribution in [0.3, 0.4) is 0 Å². The topological polar surface area (TPSA) is 93.1 Å². The van der Waals surface area contributed by atoms with E-state index < -0.39 is 40.6 Å². The van der Waals surface area contributed by atoms with E-state index in [1.807, 2.05) is 6.92 Å². The average Bonchev–Trinajstić information content (AvgIpc) is 3.01. The zero-order valence-electron chi connectivity index (χ0n) is 15.4. The molecule has 1 aliphatic rings. The van der Waals surface area contributed by atoms with E-state index in [2.05, 4.69) is 0 Å². The predicted octanol–water partition coefficient (Wildman–Crippen LogP) is 2.24. The first-order chi connectivity index (χ1) is 12.0. The van der Waals surface area contributed by atoms with Crippen LogP contribution in [0.4, 0.5) is 4.79 Å². The molecule has 0 saturated carbocycles. The first-order valence-electron chi connectivity index (χ1n) is 8.30. The molecule has 7 nitrogen and oxygen atoms in total. The quantitative estimate of drug-likeness (QED) is 0.619. The lowest BCUT2D eigenvalue weighted by Crippen LogP contribution is -2.47. The summed E-state index contributed by atoms with van der Waals surface area (Å²) < 4.78 is 34.7. The van der Waals surface area contributed by atoms with Crippen molar-refractivity contribution in [2.45, 2.75) is 50.3 Å². The summed E-state index contributed by atoms with van der Waals surface area (Å²) in [6.07, 6.45) is 1.57. The number of hydrogen-bond donors (Lipinski definition) is 1. The minimum atomic E-state index is -3.99. The van der Waals surface area contributed by atoms with Gasteiger partial charge in [-0.15, -0.1) is 0 Å². The Labute approximate surface area is 154 Å². The van der Waals surface area contributed by atoms with Crippen molar-refractivity contribution in [2.75, 3.05) is 13.2 Å². The average molecular weight is 383 g/mol. The molecule has 2 rings (SSSR count). The van der Waals surface area contributed by atoms with Gasteiger partial charge in [0.05, 0.1) is 17.5 Å². The summed E-state index contributed by atoms with van der Waals surface area (Å²) in [7, 11) is -3.99. The van der Waals surface area contributed by atoms with E-state index in [4.69, 9.17) is 8.92 Å². The summed E-state index contributed by atoms with van der Waals surface area (Å²) in [5.74, 6) is 0. The third-order valence-corrected chi connectivity index (χ3v) is 5.02. The summed E-state index contributed by atoms with van der Waals surface area (Å²) in [5, 5.41) is 10.3.